The maximum absolute atomic E-state index is 13.7. The maximum Gasteiger partial charge on any atom is 0.269 e. The summed E-state index contributed by atoms with van der Waals surface area (Å²) in [5.41, 5.74) is 3.27. The number of carbonyl (C=O) groups is 2. The van der Waals surface area contributed by atoms with E-state index in [4.69, 9.17) is 4.74 Å². The molecule has 174 valence electrons. The normalized spacial score (nSPS) is 24.4. The lowest BCUT2D eigenvalue weighted by Crippen LogP contribution is -2.63. The summed E-state index contributed by atoms with van der Waals surface area (Å²) < 4.78 is 5.72. The van der Waals surface area contributed by atoms with Crippen LogP contribution in [0.4, 0.5) is 5.69 Å². The standard InChI is InChI=1S/C25H24N4O5/c30-22-14-27(13-17-7-4-10-34-17)25(31)21-12-19-18-8-1-2-9-20(18)26-23(19)24(28(21)22)15-5-3-6-16(11-15)29(32)33/h1-3,5-6,8-9,11,17,21,24,26H,4,7,10,12-14H2/t17-,21-,24+/m1/s1. The molecular weight excluding hydrogens is 436 g/mol. The van der Waals surface area contributed by atoms with Crippen molar-refractivity contribution in [2.75, 3.05) is 19.7 Å². The predicted molar refractivity (Wildman–Crippen MR) is 123 cm³/mol. The number of non-ortho nitro benzene ring substituents is 1. The molecule has 0 spiro atoms. The number of hydrogen-bond donors (Lipinski definition) is 1. The number of nitro benzene ring substituents is 1. The minimum Gasteiger partial charge on any atom is -0.376 e. The number of piperazine rings is 1. The SMILES string of the molecule is O=C1[C@H]2Cc3c([nH]c4ccccc34)[C@H](c3cccc([N+](=O)[O-])c3)N2C(=O)CN1C[C@H]1CCCO1. The minimum atomic E-state index is -0.668. The Morgan fingerprint density at radius 3 is 2.79 bits per heavy atom. The van der Waals surface area contributed by atoms with Crippen LogP contribution >= 0.6 is 0 Å². The van der Waals surface area contributed by atoms with Crippen molar-refractivity contribution >= 4 is 28.4 Å². The van der Waals surface area contributed by atoms with Crippen LogP contribution in [0.15, 0.2) is 48.5 Å². The molecule has 3 aliphatic rings. The highest BCUT2D eigenvalue weighted by molar-refractivity contribution is 5.97. The van der Waals surface area contributed by atoms with Crippen LogP contribution in [0, 0.1) is 10.1 Å². The first kappa shape index (κ1) is 20.9. The summed E-state index contributed by atoms with van der Waals surface area (Å²) in [5, 5.41) is 12.5. The van der Waals surface area contributed by atoms with Crippen molar-refractivity contribution in [1.29, 1.82) is 0 Å². The lowest BCUT2D eigenvalue weighted by atomic mass is 9.86. The fraction of sp³-hybridized carbons (Fsp3) is 0.360. The Labute approximate surface area is 195 Å². The highest BCUT2D eigenvalue weighted by Crippen LogP contribution is 2.43. The molecule has 0 aliphatic carbocycles. The van der Waals surface area contributed by atoms with Gasteiger partial charge in [-0.25, -0.2) is 0 Å². The van der Waals surface area contributed by atoms with E-state index in [1.165, 1.54) is 12.1 Å². The molecule has 3 atom stereocenters. The molecule has 1 aromatic heterocycles. The Kier molecular flexibility index (Phi) is 4.88. The van der Waals surface area contributed by atoms with Gasteiger partial charge in [0, 0.05) is 48.3 Å². The third-order valence-electron chi connectivity index (χ3n) is 7.19. The highest BCUT2D eigenvalue weighted by Gasteiger charge is 2.48. The molecule has 2 fully saturated rings. The quantitative estimate of drug-likeness (QED) is 0.476. The number of nitro groups is 1. The van der Waals surface area contributed by atoms with Crippen molar-refractivity contribution in [1.82, 2.24) is 14.8 Å². The van der Waals surface area contributed by atoms with Crippen LogP contribution < -0.4 is 0 Å². The topological polar surface area (TPSA) is 109 Å². The van der Waals surface area contributed by atoms with E-state index in [-0.39, 0.29) is 30.2 Å². The van der Waals surface area contributed by atoms with Gasteiger partial charge in [-0.2, -0.15) is 0 Å². The number of carbonyl (C=O) groups excluding carboxylic acids is 2. The summed E-state index contributed by atoms with van der Waals surface area (Å²) >= 11 is 0. The van der Waals surface area contributed by atoms with Crippen molar-refractivity contribution in [2.45, 2.75) is 37.5 Å². The first-order valence-electron chi connectivity index (χ1n) is 11.6. The van der Waals surface area contributed by atoms with Gasteiger partial charge in [-0.05, 0) is 30.0 Å². The Hall–Kier alpha value is -3.72. The van der Waals surface area contributed by atoms with Gasteiger partial charge in [0.2, 0.25) is 11.8 Å². The molecular formula is C25H24N4O5. The molecule has 0 unspecified atom stereocenters. The number of ether oxygens (including phenoxy) is 1. The number of nitrogens with one attached hydrogen (secondary N) is 1. The third kappa shape index (κ3) is 3.27. The number of nitrogens with zero attached hydrogens (tertiary/aromatic N) is 3. The van der Waals surface area contributed by atoms with E-state index < -0.39 is 17.0 Å². The van der Waals surface area contributed by atoms with E-state index in [9.17, 15) is 19.7 Å². The van der Waals surface area contributed by atoms with Gasteiger partial charge in [-0.3, -0.25) is 19.7 Å². The first-order valence-corrected chi connectivity index (χ1v) is 11.6. The monoisotopic (exact) mass is 460 g/mol. The molecule has 2 saturated heterocycles. The second kappa shape index (κ2) is 7.95. The van der Waals surface area contributed by atoms with Gasteiger partial charge in [-0.1, -0.05) is 30.3 Å². The largest absolute Gasteiger partial charge is 0.376 e. The zero-order valence-corrected chi connectivity index (χ0v) is 18.5. The fourth-order valence-corrected chi connectivity index (χ4v) is 5.67. The molecule has 0 bridgehead atoms. The maximum atomic E-state index is 13.7. The van der Waals surface area contributed by atoms with Crippen LogP contribution in [0.25, 0.3) is 10.9 Å². The van der Waals surface area contributed by atoms with Crippen LogP contribution in [0.1, 0.15) is 35.7 Å². The van der Waals surface area contributed by atoms with E-state index >= 15 is 0 Å². The van der Waals surface area contributed by atoms with Crippen LogP contribution in [0.5, 0.6) is 0 Å². The summed E-state index contributed by atoms with van der Waals surface area (Å²) in [7, 11) is 0. The van der Waals surface area contributed by atoms with Crippen LogP contribution in [0.3, 0.4) is 0 Å². The van der Waals surface area contributed by atoms with Crippen molar-refractivity contribution in [3.8, 4) is 0 Å². The first-order chi connectivity index (χ1) is 16.5. The lowest BCUT2D eigenvalue weighted by molar-refractivity contribution is -0.384. The molecule has 4 heterocycles. The van der Waals surface area contributed by atoms with Gasteiger partial charge in [0.25, 0.3) is 5.69 Å². The van der Waals surface area contributed by atoms with Gasteiger partial charge in [0.1, 0.15) is 6.04 Å². The Balaban J connectivity index is 1.47. The summed E-state index contributed by atoms with van der Waals surface area (Å²) in [5.74, 6) is -0.259. The van der Waals surface area contributed by atoms with E-state index in [1.807, 2.05) is 24.3 Å². The van der Waals surface area contributed by atoms with E-state index in [0.29, 0.717) is 25.1 Å². The van der Waals surface area contributed by atoms with Gasteiger partial charge >= 0.3 is 0 Å². The van der Waals surface area contributed by atoms with Crippen molar-refractivity contribution < 1.29 is 19.2 Å². The second-order valence-electron chi connectivity index (χ2n) is 9.19. The highest BCUT2D eigenvalue weighted by atomic mass is 16.6. The number of aromatic nitrogens is 1. The molecule has 3 aliphatic heterocycles. The molecule has 1 N–H and O–H groups in total. The molecule has 34 heavy (non-hydrogen) atoms. The molecule has 3 aromatic rings. The molecule has 0 saturated carbocycles. The van der Waals surface area contributed by atoms with Gasteiger partial charge in [0.15, 0.2) is 0 Å². The predicted octanol–water partition coefficient (Wildman–Crippen LogP) is 2.94. The Morgan fingerprint density at radius 1 is 1.15 bits per heavy atom. The smallest absolute Gasteiger partial charge is 0.269 e. The van der Waals surface area contributed by atoms with Crippen LogP contribution in [-0.4, -0.2) is 63.4 Å². The molecule has 9 nitrogen and oxygen atoms in total. The number of hydrogen-bond acceptors (Lipinski definition) is 5. The second-order valence-corrected chi connectivity index (χ2v) is 9.19. The van der Waals surface area contributed by atoms with Crippen molar-refractivity contribution in [3.05, 3.63) is 75.5 Å². The average Bonchev–Trinajstić information content (AvgIpc) is 3.48. The number of para-hydroxylation sites is 1. The number of benzene rings is 2. The zero-order valence-electron chi connectivity index (χ0n) is 18.5. The van der Waals surface area contributed by atoms with Gasteiger partial charge < -0.3 is 19.5 Å². The zero-order chi connectivity index (χ0) is 23.4. The number of aromatic amines is 1. The Morgan fingerprint density at radius 2 is 2.00 bits per heavy atom. The van der Waals surface area contributed by atoms with Gasteiger partial charge in [-0.15, -0.1) is 0 Å². The summed E-state index contributed by atoms with van der Waals surface area (Å²) in [4.78, 5) is 44.9. The van der Waals surface area contributed by atoms with Crippen LogP contribution in [-0.2, 0) is 20.7 Å². The van der Waals surface area contributed by atoms with Crippen molar-refractivity contribution in [2.24, 2.45) is 0 Å². The minimum absolute atomic E-state index is 0.0177. The summed E-state index contributed by atoms with van der Waals surface area (Å²) in [6.07, 6.45) is 2.21. The molecule has 2 aromatic carbocycles. The molecule has 0 radical (unpaired) electrons. The summed E-state index contributed by atoms with van der Waals surface area (Å²) in [6.45, 7) is 1.08. The van der Waals surface area contributed by atoms with Gasteiger partial charge in [0.05, 0.1) is 23.6 Å². The molecule has 2 amide bonds. The van der Waals surface area contributed by atoms with E-state index in [0.717, 1.165) is 35.0 Å². The third-order valence-corrected chi connectivity index (χ3v) is 7.19. The average molecular weight is 460 g/mol. The lowest BCUT2D eigenvalue weighted by Gasteiger charge is -2.47. The fourth-order valence-electron chi connectivity index (χ4n) is 5.67. The van der Waals surface area contributed by atoms with Crippen molar-refractivity contribution in [3.63, 3.8) is 0 Å². The Bertz CT molecular complexity index is 1310. The number of amides is 2. The number of rotatable bonds is 4. The molecule has 9 heteroatoms. The number of H-pyrrole nitrogens is 1. The van der Waals surface area contributed by atoms with Crippen LogP contribution in [0.2, 0.25) is 0 Å². The summed E-state index contributed by atoms with van der Waals surface area (Å²) in [6, 6.07) is 12.9. The van der Waals surface area contributed by atoms with E-state index in [1.54, 1.807) is 21.9 Å². The number of fused-ring (bicyclic) bond motifs is 4. The molecule has 6 rings (SSSR count). The van der Waals surface area contributed by atoms with E-state index in [2.05, 4.69) is 4.98 Å².